The number of amides is 2. The van der Waals surface area contributed by atoms with E-state index in [-0.39, 0.29) is 23.7 Å². The van der Waals surface area contributed by atoms with Crippen molar-refractivity contribution in [3.05, 3.63) is 65.9 Å². The van der Waals surface area contributed by atoms with Crippen LogP contribution in [0.15, 0.2) is 54.6 Å². The van der Waals surface area contributed by atoms with E-state index in [0.29, 0.717) is 25.3 Å². The maximum absolute atomic E-state index is 13.0. The van der Waals surface area contributed by atoms with Crippen molar-refractivity contribution in [3.8, 4) is 5.75 Å². The average molecular weight is 420 g/mol. The van der Waals surface area contributed by atoms with Crippen LogP contribution in [0.2, 0.25) is 0 Å². The van der Waals surface area contributed by atoms with Gasteiger partial charge in [0.1, 0.15) is 11.4 Å². The molecule has 0 bridgehead atoms. The summed E-state index contributed by atoms with van der Waals surface area (Å²) in [6, 6.07) is 17.6. The van der Waals surface area contributed by atoms with Crippen molar-refractivity contribution in [3.63, 3.8) is 0 Å². The molecule has 1 atom stereocenters. The standard InChI is InChI=1S/C25H29N3O3/c1-17(24(29)26-16-18-6-4-3-5-7-18)19-10-12-28(13-11-19)25(30)23-14-20-8-9-21(31-2)15-22(20)27-23/h3-9,14-15,17,19,27H,10-13,16H2,1-2H3,(H,26,29)/t17-/m1/s1. The summed E-state index contributed by atoms with van der Waals surface area (Å²) in [6.45, 7) is 3.87. The third-order valence-corrected chi connectivity index (χ3v) is 6.32. The van der Waals surface area contributed by atoms with Gasteiger partial charge in [-0.25, -0.2) is 0 Å². The number of piperidine rings is 1. The quantitative estimate of drug-likeness (QED) is 0.635. The number of fused-ring (bicyclic) bond motifs is 1. The highest BCUT2D eigenvalue weighted by molar-refractivity contribution is 5.98. The van der Waals surface area contributed by atoms with Gasteiger partial charge in [0.15, 0.2) is 0 Å². The minimum absolute atomic E-state index is 0.00907. The second-order valence-electron chi connectivity index (χ2n) is 8.26. The van der Waals surface area contributed by atoms with Crippen LogP contribution in [0.4, 0.5) is 0 Å². The fourth-order valence-corrected chi connectivity index (χ4v) is 4.28. The predicted molar refractivity (Wildman–Crippen MR) is 121 cm³/mol. The van der Waals surface area contributed by atoms with Crippen LogP contribution < -0.4 is 10.1 Å². The maximum Gasteiger partial charge on any atom is 0.270 e. The highest BCUT2D eigenvalue weighted by atomic mass is 16.5. The second kappa shape index (κ2) is 9.25. The molecule has 1 aliphatic rings. The predicted octanol–water partition coefficient (Wildman–Crippen LogP) is 3.98. The molecule has 1 saturated heterocycles. The summed E-state index contributed by atoms with van der Waals surface area (Å²) in [5.41, 5.74) is 2.58. The summed E-state index contributed by atoms with van der Waals surface area (Å²) in [5.74, 6) is 1.06. The van der Waals surface area contributed by atoms with Gasteiger partial charge in [-0.05, 0) is 42.5 Å². The van der Waals surface area contributed by atoms with Crippen LogP contribution >= 0.6 is 0 Å². The maximum atomic E-state index is 13.0. The highest BCUT2D eigenvalue weighted by Crippen LogP contribution is 2.27. The Morgan fingerprint density at radius 2 is 1.87 bits per heavy atom. The van der Waals surface area contributed by atoms with E-state index in [2.05, 4.69) is 10.3 Å². The number of hydrogen-bond acceptors (Lipinski definition) is 3. The van der Waals surface area contributed by atoms with Crippen LogP contribution in [0.5, 0.6) is 5.75 Å². The van der Waals surface area contributed by atoms with Crippen molar-refractivity contribution in [1.29, 1.82) is 0 Å². The summed E-state index contributed by atoms with van der Waals surface area (Å²) in [6.07, 6.45) is 1.67. The fourth-order valence-electron chi connectivity index (χ4n) is 4.28. The molecule has 2 heterocycles. The molecule has 0 aliphatic carbocycles. The van der Waals surface area contributed by atoms with Gasteiger partial charge in [-0.15, -0.1) is 0 Å². The minimum Gasteiger partial charge on any atom is -0.497 e. The van der Waals surface area contributed by atoms with Gasteiger partial charge in [-0.1, -0.05) is 37.3 Å². The molecule has 0 saturated carbocycles. The number of carbonyl (C=O) groups is 2. The van der Waals surface area contributed by atoms with E-state index in [4.69, 9.17) is 4.74 Å². The van der Waals surface area contributed by atoms with E-state index in [9.17, 15) is 9.59 Å². The average Bonchev–Trinajstić information content (AvgIpc) is 3.25. The summed E-state index contributed by atoms with van der Waals surface area (Å²) in [5, 5.41) is 4.03. The first kappa shape index (κ1) is 21.0. The van der Waals surface area contributed by atoms with Gasteiger partial charge in [0, 0.05) is 42.5 Å². The summed E-state index contributed by atoms with van der Waals surface area (Å²) >= 11 is 0. The van der Waals surface area contributed by atoms with Crippen molar-refractivity contribution in [1.82, 2.24) is 15.2 Å². The Labute approximate surface area is 182 Å². The Morgan fingerprint density at radius 1 is 1.13 bits per heavy atom. The number of carbonyl (C=O) groups excluding carboxylic acids is 2. The smallest absolute Gasteiger partial charge is 0.270 e. The van der Waals surface area contributed by atoms with E-state index in [0.717, 1.165) is 35.1 Å². The number of likely N-dealkylation sites (tertiary alicyclic amines) is 1. The zero-order valence-corrected chi connectivity index (χ0v) is 18.1. The van der Waals surface area contributed by atoms with Gasteiger partial charge in [-0.3, -0.25) is 9.59 Å². The Bertz CT molecular complexity index is 1050. The Balaban J connectivity index is 1.31. The van der Waals surface area contributed by atoms with E-state index in [1.54, 1.807) is 7.11 Å². The fraction of sp³-hybridized carbons (Fsp3) is 0.360. The minimum atomic E-state index is -0.0681. The molecule has 162 valence electrons. The van der Waals surface area contributed by atoms with Gasteiger partial charge >= 0.3 is 0 Å². The molecule has 31 heavy (non-hydrogen) atoms. The van der Waals surface area contributed by atoms with Crippen molar-refractivity contribution in [2.45, 2.75) is 26.3 Å². The number of methoxy groups -OCH3 is 1. The highest BCUT2D eigenvalue weighted by Gasteiger charge is 2.30. The van der Waals surface area contributed by atoms with E-state index in [1.165, 1.54) is 0 Å². The van der Waals surface area contributed by atoms with Gasteiger partial charge in [0.05, 0.1) is 7.11 Å². The lowest BCUT2D eigenvalue weighted by Crippen LogP contribution is -2.42. The number of rotatable bonds is 6. The zero-order chi connectivity index (χ0) is 21.8. The van der Waals surface area contributed by atoms with Crippen LogP contribution in [0.3, 0.4) is 0 Å². The molecule has 4 rings (SSSR count). The summed E-state index contributed by atoms with van der Waals surface area (Å²) in [7, 11) is 1.63. The monoisotopic (exact) mass is 419 g/mol. The summed E-state index contributed by atoms with van der Waals surface area (Å²) < 4.78 is 5.26. The number of ether oxygens (including phenoxy) is 1. The first-order valence-corrected chi connectivity index (χ1v) is 10.8. The number of aromatic amines is 1. The van der Waals surface area contributed by atoms with E-state index >= 15 is 0 Å². The molecule has 0 unspecified atom stereocenters. The topological polar surface area (TPSA) is 74.4 Å². The van der Waals surface area contributed by atoms with Gasteiger partial charge in [0.25, 0.3) is 5.91 Å². The van der Waals surface area contributed by atoms with E-state index < -0.39 is 0 Å². The number of hydrogen-bond donors (Lipinski definition) is 2. The molecule has 2 amide bonds. The molecule has 3 aromatic rings. The van der Waals surface area contributed by atoms with Crippen molar-refractivity contribution < 1.29 is 14.3 Å². The number of H-pyrrole nitrogens is 1. The molecule has 1 aromatic heterocycles. The van der Waals surface area contributed by atoms with Crippen molar-refractivity contribution in [2.75, 3.05) is 20.2 Å². The molecule has 6 heteroatoms. The lowest BCUT2D eigenvalue weighted by atomic mass is 9.84. The lowest BCUT2D eigenvalue weighted by Gasteiger charge is -2.34. The normalized spacial score (nSPS) is 15.6. The van der Waals surface area contributed by atoms with Gasteiger partial charge < -0.3 is 19.9 Å². The molecular weight excluding hydrogens is 390 g/mol. The third-order valence-electron chi connectivity index (χ3n) is 6.32. The Hall–Kier alpha value is -3.28. The molecule has 1 aliphatic heterocycles. The number of benzene rings is 2. The van der Waals surface area contributed by atoms with Crippen LogP contribution in [0, 0.1) is 11.8 Å². The SMILES string of the molecule is COc1ccc2cc(C(=O)N3CCC([C@@H](C)C(=O)NCc4ccccc4)CC3)[nH]c2c1. The summed E-state index contributed by atoms with van der Waals surface area (Å²) in [4.78, 5) is 30.7. The van der Waals surface area contributed by atoms with E-state index in [1.807, 2.05) is 66.4 Å². The number of aromatic nitrogens is 1. The third kappa shape index (κ3) is 4.74. The number of nitrogens with zero attached hydrogens (tertiary/aromatic N) is 1. The molecule has 2 aromatic carbocycles. The molecule has 0 spiro atoms. The molecule has 0 radical (unpaired) electrons. The van der Waals surface area contributed by atoms with Crippen molar-refractivity contribution in [2.24, 2.45) is 11.8 Å². The van der Waals surface area contributed by atoms with Gasteiger partial charge in [-0.2, -0.15) is 0 Å². The second-order valence-corrected chi connectivity index (χ2v) is 8.26. The van der Waals surface area contributed by atoms with Crippen LogP contribution in [-0.2, 0) is 11.3 Å². The first-order valence-electron chi connectivity index (χ1n) is 10.8. The zero-order valence-electron chi connectivity index (χ0n) is 18.1. The Kier molecular flexibility index (Phi) is 6.26. The van der Waals surface area contributed by atoms with Crippen LogP contribution in [0.25, 0.3) is 10.9 Å². The van der Waals surface area contributed by atoms with Crippen LogP contribution in [0.1, 0.15) is 35.8 Å². The molecular formula is C25H29N3O3. The first-order chi connectivity index (χ1) is 15.0. The van der Waals surface area contributed by atoms with Crippen LogP contribution in [-0.4, -0.2) is 41.9 Å². The van der Waals surface area contributed by atoms with Gasteiger partial charge in [0.2, 0.25) is 5.91 Å². The number of nitrogens with one attached hydrogen (secondary N) is 2. The lowest BCUT2D eigenvalue weighted by molar-refractivity contribution is -0.126. The molecule has 6 nitrogen and oxygen atoms in total. The molecule has 1 fully saturated rings. The van der Waals surface area contributed by atoms with Crippen molar-refractivity contribution >= 4 is 22.7 Å². The molecule has 2 N–H and O–H groups in total. The largest absolute Gasteiger partial charge is 0.497 e. The Morgan fingerprint density at radius 3 is 2.58 bits per heavy atom.